The number of hydrogen-bond donors (Lipinski definition) is 0. The van der Waals surface area contributed by atoms with Crippen LogP contribution in [-0.4, -0.2) is 31.0 Å². The number of fused-ring (bicyclic) bond motifs is 2. The van der Waals surface area contributed by atoms with Gasteiger partial charge < -0.3 is 18.8 Å². The molecule has 0 radical (unpaired) electrons. The van der Waals surface area contributed by atoms with Crippen LogP contribution in [0.2, 0.25) is 5.02 Å². The molecule has 1 aromatic heterocycles. The van der Waals surface area contributed by atoms with Gasteiger partial charge in [0.2, 0.25) is 6.79 Å². The fourth-order valence-corrected chi connectivity index (χ4v) is 4.18. The number of hydrogen-bond acceptors (Lipinski definition) is 5. The number of rotatable bonds is 5. The molecule has 0 fully saturated rings. The highest BCUT2D eigenvalue weighted by molar-refractivity contribution is 7.16. The summed E-state index contributed by atoms with van der Waals surface area (Å²) < 4.78 is 18.8. The lowest BCUT2D eigenvalue weighted by atomic mass is 10.2. The molecular formula is C20H17ClN2O4S. The maximum Gasteiger partial charge on any atom is 0.272 e. The third-order valence-electron chi connectivity index (χ3n) is 4.18. The SMILES string of the molecule is COCCn1c(=NC(=O)C=Cc2ccc3c(c2)OCO3)sc2cc(Cl)ccc21. The Morgan fingerprint density at radius 3 is 3.00 bits per heavy atom. The van der Waals surface area contributed by atoms with Crippen LogP contribution in [0.3, 0.4) is 0 Å². The lowest BCUT2D eigenvalue weighted by Crippen LogP contribution is -2.18. The van der Waals surface area contributed by atoms with Crippen molar-refractivity contribution in [2.24, 2.45) is 4.99 Å². The van der Waals surface area contributed by atoms with E-state index in [0.29, 0.717) is 34.5 Å². The summed E-state index contributed by atoms with van der Waals surface area (Å²) in [5.41, 5.74) is 1.81. The van der Waals surface area contributed by atoms with E-state index in [4.69, 9.17) is 25.8 Å². The van der Waals surface area contributed by atoms with Gasteiger partial charge in [0.1, 0.15) is 0 Å². The second-order valence-corrected chi connectivity index (χ2v) is 7.48. The van der Waals surface area contributed by atoms with E-state index in [1.807, 2.05) is 41.0 Å². The number of thiazole rings is 1. The molecule has 6 nitrogen and oxygen atoms in total. The molecule has 1 aliphatic rings. The molecule has 1 aliphatic heterocycles. The first-order valence-electron chi connectivity index (χ1n) is 8.58. The highest BCUT2D eigenvalue weighted by atomic mass is 35.5. The van der Waals surface area contributed by atoms with Crippen LogP contribution in [0.25, 0.3) is 16.3 Å². The molecule has 8 heteroatoms. The van der Waals surface area contributed by atoms with E-state index < -0.39 is 0 Å². The van der Waals surface area contributed by atoms with Crippen molar-refractivity contribution in [3.63, 3.8) is 0 Å². The smallest absolute Gasteiger partial charge is 0.272 e. The molecule has 2 aromatic carbocycles. The number of carbonyl (C=O) groups is 1. The van der Waals surface area contributed by atoms with Crippen molar-refractivity contribution in [2.45, 2.75) is 6.54 Å². The van der Waals surface area contributed by atoms with Crippen molar-refractivity contribution >= 4 is 45.1 Å². The molecule has 3 aromatic rings. The molecule has 0 spiro atoms. The standard InChI is InChI=1S/C20H17ClN2O4S/c1-25-9-8-23-15-5-4-14(21)11-18(15)28-20(23)22-19(24)7-3-13-2-6-16-17(10-13)27-12-26-16/h2-7,10-11H,8-9,12H2,1H3. The normalized spacial score (nSPS) is 13.7. The second-order valence-electron chi connectivity index (χ2n) is 6.04. The number of halogens is 1. The predicted molar refractivity (Wildman–Crippen MR) is 109 cm³/mol. The van der Waals surface area contributed by atoms with E-state index in [1.165, 1.54) is 17.4 Å². The molecule has 0 aliphatic carbocycles. The molecule has 0 saturated heterocycles. The zero-order valence-electron chi connectivity index (χ0n) is 15.1. The summed E-state index contributed by atoms with van der Waals surface area (Å²) in [6, 6.07) is 11.1. The summed E-state index contributed by atoms with van der Waals surface area (Å²) in [6.45, 7) is 1.33. The van der Waals surface area contributed by atoms with Crippen LogP contribution in [0.5, 0.6) is 11.5 Å². The molecule has 2 heterocycles. The van der Waals surface area contributed by atoms with Crippen LogP contribution >= 0.6 is 22.9 Å². The minimum absolute atomic E-state index is 0.216. The number of amides is 1. The number of nitrogens with zero attached hydrogens (tertiary/aromatic N) is 2. The highest BCUT2D eigenvalue weighted by Crippen LogP contribution is 2.32. The van der Waals surface area contributed by atoms with Gasteiger partial charge in [-0.25, -0.2) is 0 Å². The van der Waals surface area contributed by atoms with Crippen molar-refractivity contribution in [3.8, 4) is 11.5 Å². The van der Waals surface area contributed by atoms with E-state index >= 15 is 0 Å². The van der Waals surface area contributed by atoms with Gasteiger partial charge in [-0.2, -0.15) is 4.99 Å². The third kappa shape index (κ3) is 3.96. The van der Waals surface area contributed by atoms with Crippen LogP contribution in [-0.2, 0) is 16.1 Å². The Kier molecular flexibility index (Phi) is 5.47. The van der Waals surface area contributed by atoms with Crippen molar-refractivity contribution < 1.29 is 19.0 Å². The summed E-state index contributed by atoms with van der Waals surface area (Å²) in [6.07, 6.45) is 3.15. The summed E-state index contributed by atoms with van der Waals surface area (Å²) in [5, 5.41) is 0.647. The summed E-state index contributed by atoms with van der Waals surface area (Å²) in [5.74, 6) is 1.03. The Bertz CT molecular complexity index is 1130. The molecule has 144 valence electrons. The Balaban J connectivity index is 1.63. The topological polar surface area (TPSA) is 62.1 Å². The minimum Gasteiger partial charge on any atom is -0.454 e. The molecule has 0 saturated carbocycles. The molecule has 0 unspecified atom stereocenters. The summed E-state index contributed by atoms with van der Waals surface area (Å²) in [7, 11) is 1.64. The molecule has 4 rings (SSSR count). The number of benzene rings is 2. The number of methoxy groups -OCH3 is 1. The monoisotopic (exact) mass is 416 g/mol. The van der Waals surface area contributed by atoms with E-state index in [1.54, 1.807) is 13.2 Å². The predicted octanol–water partition coefficient (Wildman–Crippen LogP) is 3.87. The summed E-state index contributed by atoms with van der Waals surface area (Å²) in [4.78, 5) is 17.3. The first-order chi connectivity index (χ1) is 13.6. The quantitative estimate of drug-likeness (QED) is 0.592. The van der Waals surface area contributed by atoms with Gasteiger partial charge >= 0.3 is 0 Å². The van der Waals surface area contributed by atoms with Crippen LogP contribution in [0.1, 0.15) is 5.56 Å². The first kappa shape index (κ1) is 18.7. The van der Waals surface area contributed by atoms with Crippen molar-refractivity contribution in [1.29, 1.82) is 0 Å². The molecule has 0 bridgehead atoms. The number of ether oxygens (including phenoxy) is 3. The van der Waals surface area contributed by atoms with Crippen molar-refractivity contribution in [1.82, 2.24) is 4.57 Å². The van der Waals surface area contributed by atoms with Crippen LogP contribution in [0.4, 0.5) is 0 Å². The van der Waals surface area contributed by atoms with Gasteiger partial charge in [0.05, 0.1) is 16.8 Å². The number of aromatic nitrogens is 1. The molecule has 0 atom stereocenters. The Morgan fingerprint density at radius 2 is 2.14 bits per heavy atom. The van der Waals surface area contributed by atoms with Crippen LogP contribution in [0, 0.1) is 0 Å². The average Bonchev–Trinajstić information content (AvgIpc) is 3.28. The molecule has 1 amide bonds. The Labute approximate surface area is 170 Å². The van der Waals surface area contributed by atoms with E-state index in [9.17, 15) is 4.79 Å². The highest BCUT2D eigenvalue weighted by Gasteiger charge is 2.12. The molecule has 28 heavy (non-hydrogen) atoms. The first-order valence-corrected chi connectivity index (χ1v) is 9.78. The number of carbonyl (C=O) groups excluding carboxylic acids is 1. The minimum atomic E-state index is -0.346. The van der Waals surface area contributed by atoms with Crippen LogP contribution < -0.4 is 14.3 Å². The third-order valence-corrected chi connectivity index (χ3v) is 5.46. The van der Waals surface area contributed by atoms with Gasteiger partial charge in [-0.1, -0.05) is 29.0 Å². The van der Waals surface area contributed by atoms with Gasteiger partial charge in [-0.3, -0.25) is 4.79 Å². The van der Waals surface area contributed by atoms with Gasteiger partial charge in [0.15, 0.2) is 16.3 Å². The second kappa shape index (κ2) is 8.18. The van der Waals surface area contributed by atoms with Crippen LogP contribution in [0.15, 0.2) is 47.5 Å². The van der Waals surface area contributed by atoms with Gasteiger partial charge in [-0.05, 0) is 42.0 Å². The van der Waals surface area contributed by atoms with Gasteiger partial charge in [-0.15, -0.1) is 0 Å². The molecule has 0 N–H and O–H groups in total. The van der Waals surface area contributed by atoms with Gasteiger partial charge in [0, 0.05) is 24.8 Å². The summed E-state index contributed by atoms with van der Waals surface area (Å²) >= 11 is 7.51. The van der Waals surface area contributed by atoms with E-state index in [0.717, 1.165) is 15.8 Å². The van der Waals surface area contributed by atoms with E-state index in [-0.39, 0.29) is 12.7 Å². The largest absolute Gasteiger partial charge is 0.454 e. The zero-order valence-corrected chi connectivity index (χ0v) is 16.6. The Morgan fingerprint density at radius 1 is 1.29 bits per heavy atom. The maximum absolute atomic E-state index is 12.4. The van der Waals surface area contributed by atoms with Crippen molar-refractivity contribution in [3.05, 3.63) is 57.9 Å². The fraction of sp³-hybridized carbons (Fsp3) is 0.200. The average molecular weight is 417 g/mol. The van der Waals surface area contributed by atoms with E-state index in [2.05, 4.69) is 4.99 Å². The lowest BCUT2D eigenvalue weighted by Gasteiger charge is -2.03. The zero-order chi connectivity index (χ0) is 19.5. The lowest BCUT2D eigenvalue weighted by molar-refractivity contribution is -0.113. The Hall–Kier alpha value is -2.61. The van der Waals surface area contributed by atoms with Crippen molar-refractivity contribution in [2.75, 3.05) is 20.5 Å². The maximum atomic E-state index is 12.4. The van der Waals surface area contributed by atoms with Gasteiger partial charge in [0.25, 0.3) is 5.91 Å². The molecular weight excluding hydrogens is 400 g/mol. The fourth-order valence-electron chi connectivity index (χ4n) is 2.85.